The Kier molecular flexibility index (Phi) is 4.15. The van der Waals surface area contributed by atoms with Crippen molar-refractivity contribution in [1.82, 2.24) is 10.3 Å². The predicted molar refractivity (Wildman–Crippen MR) is 73.5 cm³/mol. The molecule has 2 aromatic rings. The SMILES string of the molecule is CC(CCl)(NCc1cncs1)c1ccccc1. The molecule has 0 bridgehead atoms. The van der Waals surface area contributed by atoms with Crippen LogP contribution in [0.5, 0.6) is 0 Å². The van der Waals surface area contributed by atoms with Crippen molar-refractivity contribution in [3.8, 4) is 0 Å². The summed E-state index contributed by atoms with van der Waals surface area (Å²) < 4.78 is 0. The fraction of sp³-hybridized carbons (Fsp3) is 0.308. The maximum absolute atomic E-state index is 6.11. The number of thiazole rings is 1. The number of alkyl halides is 1. The number of aromatic nitrogens is 1. The van der Waals surface area contributed by atoms with E-state index in [1.54, 1.807) is 11.3 Å². The topological polar surface area (TPSA) is 24.9 Å². The van der Waals surface area contributed by atoms with Crippen molar-refractivity contribution in [2.24, 2.45) is 0 Å². The summed E-state index contributed by atoms with van der Waals surface area (Å²) in [6.07, 6.45) is 1.89. The summed E-state index contributed by atoms with van der Waals surface area (Å²) >= 11 is 7.76. The van der Waals surface area contributed by atoms with Gasteiger partial charge in [0.25, 0.3) is 0 Å². The molecule has 1 unspecified atom stereocenters. The van der Waals surface area contributed by atoms with Gasteiger partial charge in [-0.05, 0) is 12.5 Å². The van der Waals surface area contributed by atoms with E-state index in [1.165, 1.54) is 10.4 Å². The van der Waals surface area contributed by atoms with E-state index in [4.69, 9.17) is 11.6 Å². The molecule has 1 N–H and O–H groups in total. The Hall–Kier alpha value is -0.900. The Labute approximate surface area is 111 Å². The fourth-order valence-electron chi connectivity index (χ4n) is 1.64. The Bertz CT molecular complexity index is 444. The van der Waals surface area contributed by atoms with Crippen LogP contribution in [-0.2, 0) is 12.1 Å². The van der Waals surface area contributed by atoms with Gasteiger partial charge in [-0.25, -0.2) is 0 Å². The van der Waals surface area contributed by atoms with Gasteiger partial charge in [0.05, 0.1) is 11.0 Å². The highest BCUT2D eigenvalue weighted by molar-refractivity contribution is 7.09. The van der Waals surface area contributed by atoms with Crippen molar-refractivity contribution in [3.63, 3.8) is 0 Å². The minimum Gasteiger partial charge on any atom is -0.302 e. The van der Waals surface area contributed by atoms with Crippen LogP contribution in [-0.4, -0.2) is 10.9 Å². The van der Waals surface area contributed by atoms with Crippen LogP contribution in [0, 0.1) is 0 Å². The maximum Gasteiger partial charge on any atom is 0.0794 e. The minimum atomic E-state index is -0.202. The Morgan fingerprint density at radius 1 is 1.35 bits per heavy atom. The Morgan fingerprint density at radius 3 is 2.71 bits per heavy atom. The van der Waals surface area contributed by atoms with E-state index in [9.17, 15) is 0 Å². The molecule has 0 amide bonds. The van der Waals surface area contributed by atoms with Crippen LogP contribution in [0.3, 0.4) is 0 Å². The van der Waals surface area contributed by atoms with Crippen molar-refractivity contribution in [3.05, 3.63) is 52.5 Å². The Morgan fingerprint density at radius 2 is 2.12 bits per heavy atom. The summed E-state index contributed by atoms with van der Waals surface area (Å²) in [5.74, 6) is 0.538. The third-order valence-corrected chi connectivity index (χ3v) is 4.13. The highest BCUT2D eigenvalue weighted by atomic mass is 35.5. The summed E-state index contributed by atoms with van der Waals surface area (Å²) in [6.45, 7) is 2.92. The highest BCUT2D eigenvalue weighted by Gasteiger charge is 2.24. The lowest BCUT2D eigenvalue weighted by Crippen LogP contribution is -2.40. The van der Waals surface area contributed by atoms with Crippen molar-refractivity contribution < 1.29 is 0 Å². The summed E-state index contributed by atoms with van der Waals surface area (Å²) in [5, 5.41) is 3.50. The zero-order chi connectivity index (χ0) is 12.1. The molecule has 0 radical (unpaired) electrons. The lowest BCUT2D eigenvalue weighted by atomic mass is 9.94. The molecule has 2 rings (SSSR count). The van der Waals surface area contributed by atoms with Crippen LogP contribution in [0.1, 0.15) is 17.4 Å². The normalized spacial score (nSPS) is 14.5. The number of benzene rings is 1. The van der Waals surface area contributed by atoms with Crippen LogP contribution in [0.25, 0.3) is 0 Å². The molecule has 1 aromatic heterocycles. The summed E-state index contributed by atoms with van der Waals surface area (Å²) in [4.78, 5) is 5.29. The first kappa shape index (κ1) is 12.6. The largest absolute Gasteiger partial charge is 0.302 e. The first-order chi connectivity index (χ1) is 8.24. The molecule has 0 saturated heterocycles. The quantitative estimate of drug-likeness (QED) is 0.839. The second-order valence-electron chi connectivity index (χ2n) is 4.15. The number of hydrogen-bond acceptors (Lipinski definition) is 3. The molecule has 0 saturated carbocycles. The van der Waals surface area contributed by atoms with E-state index in [1.807, 2.05) is 29.9 Å². The van der Waals surface area contributed by atoms with Gasteiger partial charge in [-0.1, -0.05) is 30.3 Å². The maximum atomic E-state index is 6.11. The van der Waals surface area contributed by atoms with Crippen molar-refractivity contribution in [2.75, 3.05) is 5.88 Å². The molecule has 17 heavy (non-hydrogen) atoms. The molecule has 1 heterocycles. The fourth-order valence-corrected chi connectivity index (χ4v) is 2.43. The number of halogens is 1. The summed E-state index contributed by atoms with van der Waals surface area (Å²) in [6, 6.07) is 10.3. The van der Waals surface area contributed by atoms with Gasteiger partial charge in [0.15, 0.2) is 0 Å². The zero-order valence-electron chi connectivity index (χ0n) is 9.69. The van der Waals surface area contributed by atoms with Crippen LogP contribution in [0.4, 0.5) is 0 Å². The average molecular weight is 267 g/mol. The van der Waals surface area contributed by atoms with E-state index in [0.29, 0.717) is 5.88 Å². The average Bonchev–Trinajstić information content (AvgIpc) is 2.90. The number of hydrogen-bond donors (Lipinski definition) is 1. The third kappa shape index (κ3) is 3.06. The second kappa shape index (κ2) is 5.63. The third-order valence-electron chi connectivity index (χ3n) is 2.81. The molecule has 1 aromatic carbocycles. The van der Waals surface area contributed by atoms with Crippen LogP contribution >= 0.6 is 22.9 Å². The Balaban J connectivity index is 2.09. The first-order valence-electron chi connectivity index (χ1n) is 5.48. The van der Waals surface area contributed by atoms with Gasteiger partial charge < -0.3 is 5.32 Å². The standard InChI is InChI=1S/C13H15ClN2S/c1-13(9-14,11-5-3-2-4-6-11)16-8-12-7-15-10-17-12/h2-7,10,16H,8-9H2,1H3. The number of rotatable bonds is 5. The van der Waals surface area contributed by atoms with Crippen molar-refractivity contribution >= 4 is 22.9 Å². The van der Waals surface area contributed by atoms with Gasteiger partial charge in [-0.3, -0.25) is 4.98 Å². The van der Waals surface area contributed by atoms with Gasteiger partial charge in [0.2, 0.25) is 0 Å². The predicted octanol–water partition coefficient (Wildman–Crippen LogP) is 3.39. The molecule has 1 atom stereocenters. The lowest BCUT2D eigenvalue weighted by molar-refractivity contribution is 0.408. The van der Waals surface area contributed by atoms with Gasteiger partial charge in [0, 0.05) is 23.5 Å². The smallest absolute Gasteiger partial charge is 0.0794 e. The van der Waals surface area contributed by atoms with E-state index < -0.39 is 0 Å². The van der Waals surface area contributed by atoms with E-state index in [0.717, 1.165) is 6.54 Å². The van der Waals surface area contributed by atoms with Crippen molar-refractivity contribution in [1.29, 1.82) is 0 Å². The molecular weight excluding hydrogens is 252 g/mol. The van der Waals surface area contributed by atoms with E-state index >= 15 is 0 Å². The van der Waals surface area contributed by atoms with Crippen LogP contribution < -0.4 is 5.32 Å². The van der Waals surface area contributed by atoms with Gasteiger partial charge in [-0.15, -0.1) is 22.9 Å². The molecule has 4 heteroatoms. The molecule has 0 aliphatic heterocycles. The highest BCUT2D eigenvalue weighted by Crippen LogP contribution is 2.23. The van der Waals surface area contributed by atoms with Crippen LogP contribution in [0.2, 0.25) is 0 Å². The summed E-state index contributed by atoms with van der Waals surface area (Å²) in [7, 11) is 0. The minimum absolute atomic E-state index is 0.202. The van der Waals surface area contributed by atoms with Gasteiger partial charge >= 0.3 is 0 Å². The molecular formula is C13H15ClN2S. The molecule has 0 aliphatic carbocycles. The van der Waals surface area contributed by atoms with E-state index in [2.05, 4.69) is 29.4 Å². The first-order valence-corrected chi connectivity index (χ1v) is 6.90. The number of nitrogens with one attached hydrogen (secondary N) is 1. The number of nitrogens with zero attached hydrogens (tertiary/aromatic N) is 1. The molecule has 0 spiro atoms. The molecule has 90 valence electrons. The van der Waals surface area contributed by atoms with Crippen LogP contribution in [0.15, 0.2) is 42.0 Å². The molecule has 0 aliphatic rings. The van der Waals surface area contributed by atoms with E-state index in [-0.39, 0.29) is 5.54 Å². The van der Waals surface area contributed by atoms with Crippen molar-refractivity contribution in [2.45, 2.75) is 19.0 Å². The molecule has 2 nitrogen and oxygen atoms in total. The summed E-state index contributed by atoms with van der Waals surface area (Å²) in [5.41, 5.74) is 2.85. The molecule has 0 fully saturated rings. The van der Waals surface area contributed by atoms with Gasteiger partial charge in [0.1, 0.15) is 0 Å². The van der Waals surface area contributed by atoms with Gasteiger partial charge in [-0.2, -0.15) is 0 Å². The zero-order valence-corrected chi connectivity index (χ0v) is 11.3. The second-order valence-corrected chi connectivity index (χ2v) is 5.39. The monoisotopic (exact) mass is 266 g/mol. The lowest BCUT2D eigenvalue weighted by Gasteiger charge is -2.29.